The number of carbonyl (C=O) groups is 3. The molecular weight excluding hydrogens is 578 g/mol. The van der Waals surface area contributed by atoms with Crippen LogP contribution in [-0.4, -0.2) is 72.7 Å². The lowest BCUT2D eigenvalue weighted by atomic mass is 10.0. The molecule has 3 aliphatic rings. The highest BCUT2D eigenvalue weighted by molar-refractivity contribution is 6.01. The van der Waals surface area contributed by atoms with Crippen LogP contribution in [0.5, 0.6) is 0 Å². The number of benzene rings is 3. The van der Waals surface area contributed by atoms with Gasteiger partial charge in [-0.05, 0) is 91.9 Å². The number of piperidine rings is 1. The first-order valence-electron chi connectivity index (χ1n) is 16.2. The molecule has 3 heterocycles. The number of ketones is 1. The molecule has 1 N–H and O–H groups in total. The zero-order valence-electron chi connectivity index (χ0n) is 25.8. The first kappa shape index (κ1) is 29.8. The number of piperazine rings is 1. The number of carbonyl (C=O) groups excluding carboxylic acids is 3. The van der Waals surface area contributed by atoms with Crippen molar-refractivity contribution in [3.63, 3.8) is 0 Å². The molecule has 9 heteroatoms. The number of hydrogen-bond acceptors (Lipinski definition) is 7. The number of nitrogens with zero attached hydrogens (tertiary/aromatic N) is 4. The van der Waals surface area contributed by atoms with Gasteiger partial charge in [0.1, 0.15) is 5.58 Å². The molecule has 0 spiro atoms. The molecule has 3 aromatic carbocycles. The highest BCUT2D eigenvalue weighted by Crippen LogP contribution is 2.33. The summed E-state index contributed by atoms with van der Waals surface area (Å²) in [5.74, 6) is 0.436. The van der Waals surface area contributed by atoms with Crippen molar-refractivity contribution in [2.24, 2.45) is 5.92 Å². The Kier molecular flexibility index (Phi) is 8.29. The molecule has 46 heavy (non-hydrogen) atoms. The molecular formula is C37H37N5O4. The number of nitriles is 1. The average molecular weight is 616 g/mol. The van der Waals surface area contributed by atoms with Crippen LogP contribution in [0.2, 0.25) is 0 Å². The number of hydrogen-bond donors (Lipinski definition) is 1. The van der Waals surface area contributed by atoms with Gasteiger partial charge in [0.15, 0.2) is 11.5 Å². The first-order valence-corrected chi connectivity index (χ1v) is 16.2. The minimum absolute atomic E-state index is 0.0353. The van der Waals surface area contributed by atoms with E-state index < -0.39 is 0 Å². The summed E-state index contributed by atoms with van der Waals surface area (Å²) in [6.45, 7) is 5.21. The fourth-order valence-corrected chi connectivity index (χ4v) is 6.49. The zero-order chi connectivity index (χ0) is 31.6. The van der Waals surface area contributed by atoms with Gasteiger partial charge in [-0.25, -0.2) is 0 Å². The lowest BCUT2D eigenvalue weighted by Crippen LogP contribution is -2.48. The van der Waals surface area contributed by atoms with Crippen LogP contribution >= 0.6 is 0 Å². The van der Waals surface area contributed by atoms with E-state index in [-0.39, 0.29) is 35.3 Å². The van der Waals surface area contributed by atoms with Crippen molar-refractivity contribution in [2.75, 3.05) is 44.2 Å². The number of furan rings is 1. The molecule has 3 fully saturated rings. The van der Waals surface area contributed by atoms with Crippen molar-refractivity contribution in [3.8, 4) is 6.07 Å². The van der Waals surface area contributed by atoms with Gasteiger partial charge >= 0.3 is 0 Å². The van der Waals surface area contributed by atoms with Gasteiger partial charge < -0.3 is 19.5 Å². The smallest absolute Gasteiger partial charge is 0.287 e. The Hall–Kier alpha value is -4.94. The van der Waals surface area contributed by atoms with E-state index in [1.165, 1.54) is 5.56 Å². The van der Waals surface area contributed by atoms with Gasteiger partial charge in [-0.3, -0.25) is 19.3 Å². The van der Waals surface area contributed by atoms with Crippen LogP contribution in [0.15, 0.2) is 77.2 Å². The summed E-state index contributed by atoms with van der Waals surface area (Å²) in [6, 6.07) is 24.8. The Morgan fingerprint density at radius 3 is 2.17 bits per heavy atom. The fraction of sp³-hybridized carbons (Fsp3) is 0.351. The van der Waals surface area contributed by atoms with E-state index in [0.29, 0.717) is 42.9 Å². The molecule has 1 aromatic heterocycles. The van der Waals surface area contributed by atoms with Gasteiger partial charge in [0.25, 0.3) is 11.8 Å². The quantitative estimate of drug-likeness (QED) is 0.270. The van der Waals surface area contributed by atoms with Gasteiger partial charge in [0.05, 0.1) is 11.6 Å². The van der Waals surface area contributed by atoms with Gasteiger partial charge in [-0.15, -0.1) is 0 Å². The van der Waals surface area contributed by atoms with E-state index in [1.807, 2.05) is 59.5 Å². The van der Waals surface area contributed by atoms with Crippen LogP contribution in [0, 0.1) is 17.2 Å². The van der Waals surface area contributed by atoms with Gasteiger partial charge in [0, 0.05) is 80.0 Å². The van der Waals surface area contributed by atoms with E-state index in [4.69, 9.17) is 9.68 Å². The number of anilines is 1. The van der Waals surface area contributed by atoms with E-state index >= 15 is 0 Å². The largest absolute Gasteiger partial charge is 0.451 e. The molecule has 234 valence electrons. The van der Waals surface area contributed by atoms with Crippen LogP contribution < -0.4 is 10.2 Å². The molecule has 1 saturated carbocycles. The van der Waals surface area contributed by atoms with Crippen molar-refractivity contribution < 1.29 is 18.8 Å². The molecule has 1 aliphatic carbocycles. The second-order valence-electron chi connectivity index (χ2n) is 12.7. The molecule has 7 rings (SSSR count). The Bertz CT molecular complexity index is 1790. The maximum Gasteiger partial charge on any atom is 0.287 e. The highest BCUT2D eigenvalue weighted by atomic mass is 16.3. The van der Waals surface area contributed by atoms with Crippen LogP contribution in [0.25, 0.3) is 11.0 Å². The Balaban J connectivity index is 0.905. The van der Waals surface area contributed by atoms with Crippen LogP contribution in [0.3, 0.4) is 0 Å². The number of Topliss-reactive ketones (excluding diaryl/α,β-unsaturated/α-hetero) is 1. The number of nitrogens with one attached hydrogen (secondary N) is 1. The van der Waals surface area contributed by atoms with Crippen molar-refractivity contribution in [1.29, 1.82) is 5.26 Å². The normalized spacial score (nSPS) is 17.5. The minimum Gasteiger partial charge on any atom is -0.451 e. The van der Waals surface area contributed by atoms with Crippen molar-refractivity contribution in [3.05, 3.63) is 101 Å². The molecule has 2 saturated heterocycles. The molecule has 0 atom stereocenters. The summed E-state index contributed by atoms with van der Waals surface area (Å²) < 4.78 is 5.88. The summed E-state index contributed by atoms with van der Waals surface area (Å²) in [7, 11) is 0. The summed E-state index contributed by atoms with van der Waals surface area (Å²) in [4.78, 5) is 45.3. The van der Waals surface area contributed by atoms with Crippen molar-refractivity contribution >= 4 is 34.3 Å². The van der Waals surface area contributed by atoms with Crippen molar-refractivity contribution in [1.82, 2.24) is 15.1 Å². The Labute approximate surface area is 268 Å². The van der Waals surface area contributed by atoms with E-state index in [1.54, 1.807) is 18.2 Å². The third-order valence-electron chi connectivity index (χ3n) is 9.43. The topological polar surface area (TPSA) is 110 Å². The Morgan fingerprint density at radius 1 is 0.804 bits per heavy atom. The number of rotatable bonds is 8. The molecule has 4 aromatic rings. The maximum atomic E-state index is 13.4. The molecule has 2 amide bonds. The standard InChI is InChI=1S/C37H37N5O4/c38-23-25-1-3-26(4-2-25)24-40-15-13-31(14-16-40)39-36(44)34-22-30-21-29(9-12-33(30)46-34)37(45)42-19-17-41(18-20-42)32-10-7-28(8-11-32)35(43)27-5-6-27/h1-4,7-12,21-22,27,31H,5-6,13-20,24H2,(H,39,44). The predicted octanol–water partition coefficient (Wildman–Crippen LogP) is 5.25. The molecule has 0 radical (unpaired) electrons. The van der Waals surface area contributed by atoms with Crippen LogP contribution in [0.1, 0.15) is 68.1 Å². The lowest BCUT2D eigenvalue weighted by molar-refractivity contribution is 0.0746. The second-order valence-corrected chi connectivity index (χ2v) is 12.7. The summed E-state index contributed by atoms with van der Waals surface area (Å²) in [5, 5.41) is 12.9. The third-order valence-corrected chi connectivity index (χ3v) is 9.43. The number of likely N-dealkylation sites (tertiary alicyclic amines) is 1. The van der Waals surface area contributed by atoms with Gasteiger partial charge in [0.2, 0.25) is 0 Å². The molecule has 9 nitrogen and oxygen atoms in total. The lowest BCUT2D eigenvalue weighted by Gasteiger charge is -2.36. The van der Waals surface area contributed by atoms with Gasteiger partial charge in [-0.1, -0.05) is 12.1 Å². The predicted molar refractivity (Wildman–Crippen MR) is 175 cm³/mol. The SMILES string of the molecule is N#Cc1ccc(CN2CCC(NC(=O)c3cc4cc(C(=O)N5CCN(c6ccc(C(=O)C7CC7)cc6)CC5)ccc4o3)CC2)cc1. The van der Waals surface area contributed by atoms with Crippen LogP contribution in [0.4, 0.5) is 5.69 Å². The molecule has 0 unspecified atom stereocenters. The first-order chi connectivity index (χ1) is 22.4. The second kappa shape index (κ2) is 12.8. The minimum atomic E-state index is -0.240. The monoisotopic (exact) mass is 615 g/mol. The molecule has 2 aliphatic heterocycles. The zero-order valence-corrected chi connectivity index (χ0v) is 25.8. The maximum absolute atomic E-state index is 13.4. The van der Waals surface area contributed by atoms with E-state index in [2.05, 4.69) is 21.2 Å². The third kappa shape index (κ3) is 6.53. The average Bonchev–Trinajstić information content (AvgIpc) is 3.87. The van der Waals surface area contributed by atoms with E-state index in [0.717, 1.165) is 62.0 Å². The summed E-state index contributed by atoms with van der Waals surface area (Å²) in [6.07, 6.45) is 3.70. The Morgan fingerprint density at radius 2 is 1.50 bits per heavy atom. The van der Waals surface area contributed by atoms with Gasteiger partial charge in [-0.2, -0.15) is 5.26 Å². The molecule has 0 bridgehead atoms. The summed E-state index contributed by atoms with van der Waals surface area (Å²) in [5.41, 5.74) is 4.84. The summed E-state index contributed by atoms with van der Waals surface area (Å²) >= 11 is 0. The highest BCUT2D eigenvalue weighted by Gasteiger charge is 2.30. The van der Waals surface area contributed by atoms with E-state index in [9.17, 15) is 14.4 Å². The van der Waals surface area contributed by atoms with Crippen molar-refractivity contribution in [2.45, 2.75) is 38.3 Å². The number of fused-ring (bicyclic) bond motifs is 1. The number of amides is 2. The fourth-order valence-electron chi connectivity index (χ4n) is 6.49. The van der Waals surface area contributed by atoms with Crippen LogP contribution in [-0.2, 0) is 6.54 Å².